The van der Waals surface area contributed by atoms with Crippen LogP contribution in [0.15, 0.2) is 16.5 Å². The van der Waals surface area contributed by atoms with E-state index in [0.29, 0.717) is 5.89 Å². The number of oxazole rings is 1. The molecule has 140 valence electrons. The summed E-state index contributed by atoms with van der Waals surface area (Å²) >= 11 is 0. The van der Waals surface area contributed by atoms with Gasteiger partial charge < -0.3 is 14.5 Å². The molecule has 6 heteroatoms. The van der Waals surface area contributed by atoms with Gasteiger partial charge in [-0.15, -0.1) is 0 Å². The lowest BCUT2D eigenvalue weighted by Gasteiger charge is -2.15. The fourth-order valence-electron chi connectivity index (χ4n) is 3.53. The fourth-order valence-corrected chi connectivity index (χ4v) is 3.53. The summed E-state index contributed by atoms with van der Waals surface area (Å²) in [6, 6.07) is 4.18. The number of carbonyl (C=O) groups is 1. The number of aromatic nitrogens is 1. The zero-order valence-corrected chi connectivity index (χ0v) is 16.2. The molecular formula is C20H27N3O3. The normalized spacial score (nSPS) is 17.5. The Labute approximate surface area is 154 Å². The van der Waals surface area contributed by atoms with Gasteiger partial charge in [0.25, 0.3) is 0 Å². The van der Waals surface area contributed by atoms with Crippen molar-refractivity contribution >= 4 is 5.91 Å². The molecule has 1 saturated heterocycles. The number of hydrogen-bond donors (Lipinski definition) is 1. The van der Waals surface area contributed by atoms with E-state index in [1.54, 1.807) is 14.0 Å². The van der Waals surface area contributed by atoms with Crippen molar-refractivity contribution in [2.24, 2.45) is 0 Å². The van der Waals surface area contributed by atoms with Crippen LogP contribution in [0.2, 0.25) is 0 Å². The third-order valence-corrected chi connectivity index (χ3v) is 5.13. The average Bonchev–Trinajstić information content (AvgIpc) is 3.17. The smallest absolute Gasteiger partial charge is 0.226 e. The molecule has 1 aromatic carbocycles. The van der Waals surface area contributed by atoms with E-state index in [-0.39, 0.29) is 11.9 Å². The minimum Gasteiger partial charge on any atom is -0.496 e. The number of amides is 1. The van der Waals surface area contributed by atoms with Crippen LogP contribution in [0.25, 0.3) is 11.5 Å². The molecule has 1 fully saturated rings. The first kappa shape index (κ1) is 18.5. The minimum atomic E-state index is 0.0297. The number of hydrogen-bond acceptors (Lipinski definition) is 5. The van der Waals surface area contributed by atoms with E-state index in [0.717, 1.165) is 59.9 Å². The highest BCUT2D eigenvalue weighted by molar-refractivity contribution is 5.73. The lowest BCUT2D eigenvalue weighted by Crippen LogP contribution is -2.35. The Hall–Kier alpha value is -2.34. The van der Waals surface area contributed by atoms with E-state index in [1.807, 2.05) is 26.0 Å². The maximum Gasteiger partial charge on any atom is 0.226 e. The Balaban J connectivity index is 1.76. The van der Waals surface area contributed by atoms with Gasteiger partial charge in [0, 0.05) is 38.2 Å². The third kappa shape index (κ3) is 3.75. The largest absolute Gasteiger partial charge is 0.496 e. The molecule has 0 radical (unpaired) electrons. The monoisotopic (exact) mass is 357 g/mol. The Morgan fingerprint density at radius 1 is 1.35 bits per heavy atom. The summed E-state index contributed by atoms with van der Waals surface area (Å²) in [5, 5.41) is 2.99. The summed E-state index contributed by atoms with van der Waals surface area (Å²) in [6.07, 6.45) is 0.972. The van der Waals surface area contributed by atoms with Gasteiger partial charge in [-0.2, -0.15) is 0 Å². The molecule has 0 saturated carbocycles. The fraction of sp³-hybridized carbons (Fsp3) is 0.500. The highest BCUT2D eigenvalue weighted by Crippen LogP contribution is 2.32. The molecule has 3 rings (SSSR count). The number of nitrogens with zero attached hydrogens (tertiary/aromatic N) is 2. The highest BCUT2D eigenvalue weighted by atomic mass is 16.5. The standard InChI is InChI=1S/C20H27N3O3/c1-12-13(2)19(25-5)7-6-17(12)20-22-18(14(3)26-20)11-23-9-8-16(10-23)21-15(4)24/h6-7,16H,8-11H2,1-5H3,(H,21,24). The quantitative estimate of drug-likeness (QED) is 0.891. The van der Waals surface area contributed by atoms with E-state index in [9.17, 15) is 4.79 Å². The number of benzene rings is 1. The molecule has 1 aliphatic heterocycles. The van der Waals surface area contributed by atoms with E-state index in [4.69, 9.17) is 14.1 Å². The number of methoxy groups -OCH3 is 1. The van der Waals surface area contributed by atoms with Gasteiger partial charge in [-0.1, -0.05) is 0 Å². The van der Waals surface area contributed by atoms with Crippen molar-refractivity contribution in [1.29, 1.82) is 0 Å². The Kier molecular flexibility index (Phi) is 5.32. The van der Waals surface area contributed by atoms with Gasteiger partial charge in [-0.25, -0.2) is 4.98 Å². The van der Waals surface area contributed by atoms with Crippen LogP contribution in [0.5, 0.6) is 5.75 Å². The maximum atomic E-state index is 11.2. The van der Waals surface area contributed by atoms with E-state index >= 15 is 0 Å². The molecule has 0 spiro atoms. The van der Waals surface area contributed by atoms with Gasteiger partial charge in [0.05, 0.1) is 12.8 Å². The van der Waals surface area contributed by atoms with Gasteiger partial charge in [0.2, 0.25) is 11.8 Å². The van der Waals surface area contributed by atoms with Crippen molar-refractivity contribution < 1.29 is 13.9 Å². The second kappa shape index (κ2) is 7.50. The molecule has 1 amide bonds. The molecule has 1 atom stereocenters. The van der Waals surface area contributed by atoms with Crippen molar-refractivity contribution in [2.45, 2.75) is 46.7 Å². The first-order chi connectivity index (χ1) is 12.4. The van der Waals surface area contributed by atoms with Gasteiger partial charge >= 0.3 is 0 Å². The van der Waals surface area contributed by atoms with Crippen LogP contribution >= 0.6 is 0 Å². The summed E-state index contributed by atoms with van der Waals surface area (Å²) in [5.74, 6) is 2.40. The highest BCUT2D eigenvalue weighted by Gasteiger charge is 2.25. The van der Waals surface area contributed by atoms with Crippen molar-refractivity contribution in [3.05, 3.63) is 34.7 Å². The Bertz CT molecular complexity index is 813. The van der Waals surface area contributed by atoms with Crippen molar-refractivity contribution in [3.8, 4) is 17.2 Å². The van der Waals surface area contributed by atoms with Gasteiger partial charge in [-0.3, -0.25) is 9.69 Å². The lowest BCUT2D eigenvalue weighted by molar-refractivity contribution is -0.119. The van der Waals surface area contributed by atoms with Crippen LogP contribution in [-0.2, 0) is 11.3 Å². The molecule has 1 aliphatic rings. The van der Waals surface area contributed by atoms with Gasteiger partial charge in [-0.05, 0) is 50.5 Å². The van der Waals surface area contributed by atoms with E-state index in [2.05, 4.69) is 17.1 Å². The lowest BCUT2D eigenvalue weighted by atomic mass is 10.0. The Morgan fingerprint density at radius 2 is 2.12 bits per heavy atom. The molecule has 2 aromatic rings. The van der Waals surface area contributed by atoms with Crippen molar-refractivity contribution in [3.63, 3.8) is 0 Å². The van der Waals surface area contributed by atoms with Crippen molar-refractivity contribution in [2.75, 3.05) is 20.2 Å². The molecular weight excluding hydrogens is 330 g/mol. The number of aryl methyl sites for hydroxylation is 1. The van der Waals surface area contributed by atoms with E-state index in [1.165, 1.54) is 0 Å². The molecule has 6 nitrogen and oxygen atoms in total. The molecule has 1 N–H and O–H groups in total. The number of rotatable bonds is 5. The van der Waals surface area contributed by atoms with Gasteiger partial charge in [0.15, 0.2) is 0 Å². The second-order valence-electron chi connectivity index (χ2n) is 7.01. The summed E-state index contributed by atoms with van der Waals surface area (Å²) in [7, 11) is 1.68. The molecule has 0 aliphatic carbocycles. The predicted octanol–water partition coefficient (Wildman–Crippen LogP) is 2.99. The molecule has 1 aromatic heterocycles. The maximum absolute atomic E-state index is 11.2. The van der Waals surface area contributed by atoms with Crippen LogP contribution < -0.4 is 10.1 Å². The summed E-state index contributed by atoms with van der Waals surface area (Å²) < 4.78 is 11.3. The third-order valence-electron chi connectivity index (χ3n) is 5.13. The number of likely N-dealkylation sites (tertiary alicyclic amines) is 1. The number of carbonyl (C=O) groups excluding carboxylic acids is 1. The predicted molar refractivity (Wildman–Crippen MR) is 100 cm³/mol. The number of nitrogens with one attached hydrogen (secondary N) is 1. The molecule has 0 bridgehead atoms. The van der Waals surface area contributed by atoms with Crippen LogP contribution in [0.4, 0.5) is 0 Å². The van der Waals surface area contributed by atoms with Crippen molar-refractivity contribution in [1.82, 2.24) is 15.2 Å². The molecule has 26 heavy (non-hydrogen) atoms. The van der Waals surface area contributed by atoms with Crippen LogP contribution in [0, 0.1) is 20.8 Å². The van der Waals surface area contributed by atoms with E-state index < -0.39 is 0 Å². The molecule has 1 unspecified atom stereocenters. The average molecular weight is 357 g/mol. The summed E-state index contributed by atoms with van der Waals surface area (Å²) in [4.78, 5) is 18.3. The zero-order chi connectivity index (χ0) is 18.8. The molecule has 2 heterocycles. The van der Waals surface area contributed by atoms with Gasteiger partial charge in [0.1, 0.15) is 11.5 Å². The zero-order valence-electron chi connectivity index (χ0n) is 16.2. The Morgan fingerprint density at radius 3 is 2.81 bits per heavy atom. The minimum absolute atomic E-state index is 0.0297. The van der Waals surface area contributed by atoms with Crippen LogP contribution in [0.3, 0.4) is 0 Å². The summed E-state index contributed by atoms with van der Waals surface area (Å²) in [6.45, 7) is 10.2. The first-order valence-corrected chi connectivity index (χ1v) is 8.99. The topological polar surface area (TPSA) is 67.6 Å². The number of ether oxygens (including phenoxy) is 1. The first-order valence-electron chi connectivity index (χ1n) is 8.99. The van der Waals surface area contributed by atoms with Crippen LogP contribution in [0.1, 0.15) is 35.9 Å². The second-order valence-corrected chi connectivity index (χ2v) is 7.01. The SMILES string of the molecule is COc1ccc(-c2nc(CN3CCC(NC(C)=O)C3)c(C)o2)c(C)c1C. The summed E-state index contributed by atoms with van der Waals surface area (Å²) in [5.41, 5.74) is 4.16. The van der Waals surface area contributed by atoms with Crippen LogP contribution in [-0.4, -0.2) is 42.0 Å².